The lowest BCUT2D eigenvalue weighted by Gasteiger charge is -2.06. The number of amides is 1. The molecule has 0 aliphatic heterocycles. The molecule has 15 heavy (non-hydrogen) atoms. The van der Waals surface area contributed by atoms with Gasteiger partial charge in [0.05, 0.1) is 0 Å². The molecule has 1 heterocycles. The van der Waals surface area contributed by atoms with Crippen molar-refractivity contribution in [2.24, 2.45) is 5.92 Å². The summed E-state index contributed by atoms with van der Waals surface area (Å²) in [5.74, 6) is -0.424. The van der Waals surface area contributed by atoms with Crippen LogP contribution in [0.1, 0.15) is 30.8 Å². The van der Waals surface area contributed by atoms with E-state index in [2.05, 4.69) is 24.1 Å². The molecule has 0 bridgehead atoms. The van der Waals surface area contributed by atoms with Gasteiger partial charge in [-0.1, -0.05) is 19.9 Å². The number of aromatic nitrogens is 1. The highest BCUT2D eigenvalue weighted by atomic mass is 19.1. The van der Waals surface area contributed by atoms with Gasteiger partial charge in [-0.25, -0.2) is 4.98 Å². The molecule has 0 saturated carbocycles. The van der Waals surface area contributed by atoms with Gasteiger partial charge in [0.25, 0.3) is 5.91 Å². The number of halogens is 1. The monoisotopic (exact) mass is 210 g/mol. The summed E-state index contributed by atoms with van der Waals surface area (Å²) >= 11 is 0. The molecule has 1 amide bonds. The lowest BCUT2D eigenvalue weighted by Crippen LogP contribution is -2.26. The van der Waals surface area contributed by atoms with Gasteiger partial charge in [-0.2, -0.15) is 4.39 Å². The number of nitrogens with zero attached hydrogens (tertiary/aromatic N) is 1. The first-order chi connectivity index (χ1) is 7.09. The maximum atomic E-state index is 12.7. The van der Waals surface area contributed by atoms with E-state index < -0.39 is 5.95 Å². The Kier molecular flexibility index (Phi) is 4.21. The summed E-state index contributed by atoms with van der Waals surface area (Å²) in [5, 5.41) is 2.69. The molecule has 0 aromatic carbocycles. The Morgan fingerprint density at radius 3 is 2.87 bits per heavy atom. The Labute approximate surface area is 88.7 Å². The number of carbonyl (C=O) groups is 1. The number of carbonyl (C=O) groups excluding carboxylic acids is 1. The van der Waals surface area contributed by atoms with Gasteiger partial charge in [0, 0.05) is 6.54 Å². The maximum Gasteiger partial charge on any atom is 0.269 e. The van der Waals surface area contributed by atoms with Crippen molar-refractivity contribution in [2.75, 3.05) is 6.54 Å². The quantitative estimate of drug-likeness (QED) is 0.772. The molecule has 0 atom stereocenters. The lowest BCUT2D eigenvalue weighted by molar-refractivity contribution is 0.0946. The molecule has 82 valence electrons. The lowest BCUT2D eigenvalue weighted by atomic mass is 10.1. The first-order valence-electron chi connectivity index (χ1n) is 5.00. The number of hydrogen-bond acceptors (Lipinski definition) is 2. The molecule has 0 unspecified atom stereocenters. The fourth-order valence-corrected chi connectivity index (χ4v) is 1.10. The van der Waals surface area contributed by atoms with Crippen LogP contribution in [0.3, 0.4) is 0 Å². The van der Waals surface area contributed by atoms with Crippen molar-refractivity contribution < 1.29 is 9.18 Å². The van der Waals surface area contributed by atoms with Crippen LogP contribution in [0.2, 0.25) is 0 Å². The summed E-state index contributed by atoms with van der Waals surface area (Å²) in [6.45, 7) is 4.74. The fourth-order valence-electron chi connectivity index (χ4n) is 1.10. The van der Waals surface area contributed by atoms with Crippen LogP contribution >= 0.6 is 0 Å². The summed E-state index contributed by atoms with van der Waals surface area (Å²) in [4.78, 5) is 14.9. The Bertz CT molecular complexity index is 339. The highest BCUT2D eigenvalue weighted by molar-refractivity contribution is 5.92. The standard InChI is InChI=1S/C11H15FN2O/c1-8(2)6-7-13-11(15)9-4-3-5-10(12)14-9/h3-5,8H,6-7H2,1-2H3,(H,13,15). The molecular weight excluding hydrogens is 195 g/mol. The Morgan fingerprint density at radius 1 is 1.53 bits per heavy atom. The highest BCUT2D eigenvalue weighted by Gasteiger charge is 2.07. The molecule has 0 spiro atoms. The van der Waals surface area contributed by atoms with E-state index in [1.807, 2.05) is 0 Å². The van der Waals surface area contributed by atoms with Gasteiger partial charge in [0.2, 0.25) is 5.95 Å². The minimum atomic E-state index is -0.633. The maximum absolute atomic E-state index is 12.7. The summed E-state index contributed by atoms with van der Waals surface area (Å²) in [5.41, 5.74) is 0.124. The third-order valence-electron chi connectivity index (χ3n) is 1.95. The predicted octanol–water partition coefficient (Wildman–Crippen LogP) is 2.00. The second kappa shape index (κ2) is 5.44. The molecule has 1 N–H and O–H groups in total. The third kappa shape index (κ3) is 4.06. The molecule has 0 saturated heterocycles. The van der Waals surface area contributed by atoms with Crippen molar-refractivity contribution >= 4 is 5.91 Å². The van der Waals surface area contributed by atoms with Crippen molar-refractivity contribution in [3.8, 4) is 0 Å². The van der Waals surface area contributed by atoms with Gasteiger partial charge < -0.3 is 5.32 Å². The molecule has 0 aliphatic carbocycles. The van der Waals surface area contributed by atoms with E-state index in [0.717, 1.165) is 6.42 Å². The van der Waals surface area contributed by atoms with Gasteiger partial charge in [-0.15, -0.1) is 0 Å². The third-order valence-corrected chi connectivity index (χ3v) is 1.95. The molecule has 1 aromatic heterocycles. The average molecular weight is 210 g/mol. The van der Waals surface area contributed by atoms with E-state index in [4.69, 9.17) is 0 Å². The van der Waals surface area contributed by atoms with Crippen LogP contribution in [-0.4, -0.2) is 17.4 Å². The molecule has 3 nitrogen and oxygen atoms in total. The second-order valence-corrected chi connectivity index (χ2v) is 3.78. The molecule has 4 heteroatoms. The van der Waals surface area contributed by atoms with Gasteiger partial charge in [0.1, 0.15) is 5.69 Å². The van der Waals surface area contributed by atoms with Crippen LogP contribution in [-0.2, 0) is 0 Å². The molecule has 0 aliphatic rings. The van der Waals surface area contributed by atoms with Crippen molar-refractivity contribution in [3.05, 3.63) is 29.8 Å². The van der Waals surface area contributed by atoms with Crippen molar-refractivity contribution in [2.45, 2.75) is 20.3 Å². The minimum Gasteiger partial charge on any atom is -0.351 e. The van der Waals surface area contributed by atoms with Crippen LogP contribution in [0.15, 0.2) is 18.2 Å². The zero-order valence-electron chi connectivity index (χ0n) is 8.96. The number of hydrogen-bond donors (Lipinski definition) is 1. The topological polar surface area (TPSA) is 42.0 Å². The summed E-state index contributed by atoms with van der Waals surface area (Å²) in [7, 11) is 0. The predicted molar refractivity (Wildman–Crippen MR) is 56.0 cm³/mol. The molecular formula is C11H15FN2O. The van der Waals surface area contributed by atoms with E-state index in [1.54, 1.807) is 0 Å². The normalized spacial score (nSPS) is 10.4. The summed E-state index contributed by atoms with van der Waals surface area (Å²) < 4.78 is 12.7. The zero-order valence-corrected chi connectivity index (χ0v) is 8.96. The van der Waals surface area contributed by atoms with E-state index in [-0.39, 0.29) is 11.6 Å². The van der Waals surface area contributed by atoms with Crippen molar-refractivity contribution in [3.63, 3.8) is 0 Å². The van der Waals surface area contributed by atoms with Crippen molar-refractivity contribution in [1.82, 2.24) is 10.3 Å². The Balaban J connectivity index is 2.47. The van der Waals surface area contributed by atoms with Crippen LogP contribution in [0.4, 0.5) is 4.39 Å². The molecule has 1 rings (SSSR count). The number of rotatable bonds is 4. The zero-order chi connectivity index (χ0) is 11.3. The molecule has 0 radical (unpaired) electrons. The number of pyridine rings is 1. The average Bonchev–Trinajstić information content (AvgIpc) is 2.17. The highest BCUT2D eigenvalue weighted by Crippen LogP contribution is 1.99. The summed E-state index contributed by atoms with van der Waals surface area (Å²) in [6, 6.07) is 4.18. The Hall–Kier alpha value is -1.45. The second-order valence-electron chi connectivity index (χ2n) is 3.78. The number of nitrogens with one attached hydrogen (secondary N) is 1. The first-order valence-corrected chi connectivity index (χ1v) is 5.00. The van der Waals surface area contributed by atoms with Gasteiger partial charge >= 0.3 is 0 Å². The summed E-state index contributed by atoms with van der Waals surface area (Å²) in [6.07, 6.45) is 0.904. The van der Waals surface area contributed by atoms with Crippen LogP contribution in [0.25, 0.3) is 0 Å². The molecule has 1 aromatic rings. The fraction of sp³-hybridized carbons (Fsp3) is 0.455. The van der Waals surface area contributed by atoms with Gasteiger partial charge in [0.15, 0.2) is 0 Å². The van der Waals surface area contributed by atoms with Crippen LogP contribution in [0, 0.1) is 11.9 Å². The smallest absolute Gasteiger partial charge is 0.269 e. The van der Waals surface area contributed by atoms with Crippen molar-refractivity contribution in [1.29, 1.82) is 0 Å². The van der Waals surface area contributed by atoms with E-state index in [1.165, 1.54) is 18.2 Å². The Morgan fingerprint density at radius 2 is 2.27 bits per heavy atom. The largest absolute Gasteiger partial charge is 0.351 e. The van der Waals surface area contributed by atoms with E-state index in [9.17, 15) is 9.18 Å². The van der Waals surface area contributed by atoms with Gasteiger partial charge in [-0.05, 0) is 24.5 Å². The van der Waals surface area contributed by atoms with Gasteiger partial charge in [-0.3, -0.25) is 4.79 Å². The van der Waals surface area contributed by atoms with Crippen LogP contribution in [0.5, 0.6) is 0 Å². The van der Waals surface area contributed by atoms with E-state index >= 15 is 0 Å². The molecule has 0 fully saturated rings. The van der Waals surface area contributed by atoms with E-state index in [0.29, 0.717) is 12.5 Å². The minimum absolute atomic E-state index is 0.124. The van der Waals surface area contributed by atoms with Crippen LogP contribution < -0.4 is 5.32 Å². The first kappa shape index (κ1) is 11.6. The SMILES string of the molecule is CC(C)CCNC(=O)c1cccc(F)n1.